The van der Waals surface area contributed by atoms with Gasteiger partial charge in [-0.05, 0) is 63.3 Å². The Morgan fingerprint density at radius 1 is 1.03 bits per heavy atom. The van der Waals surface area contributed by atoms with E-state index in [1.54, 1.807) is 24.3 Å². The molecule has 2 aromatic rings. The van der Waals surface area contributed by atoms with Gasteiger partial charge in [-0.25, -0.2) is 13.1 Å². The molecule has 1 aromatic carbocycles. The number of aromatic nitrogens is 1. The molecule has 4 rings (SSSR count). The Labute approximate surface area is 179 Å². The summed E-state index contributed by atoms with van der Waals surface area (Å²) < 4.78 is 29.5. The van der Waals surface area contributed by atoms with Crippen LogP contribution < -0.4 is 10.0 Å². The summed E-state index contributed by atoms with van der Waals surface area (Å²) in [4.78, 5) is 13.1. The van der Waals surface area contributed by atoms with E-state index in [4.69, 9.17) is 0 Å². The zero-order valence-corrected chi connectivity index (χ0v) is 18.6. The molecule has 1 aromatic heterocycles. The van der Waals surface area contributed by atoms with E-state index < -0.39 is 10.0 Å². The third kappa shape index (κ3) is 4.62. The number of benzene rings is 1. The van der Waals surface area contributed by atoms with Gasteiger partial charge in [0.2, 0.25) is 10.0 Å². The van der Waals surface area contributed by atoms with Gasteiger partial charge in [-0.15, -0.1) is 0 Å². The molecule has 6 nitrogen and oxygen atoms in total. The Kier molecular flexibility index (Phi) is 6.02. The number of nitrogens with zero attached hydrogens (tertiary/aromatic N) is 1. The maximum atomic E-state index is 12.8. The summed E-state index contributed by atoms with van der Waals surface area (Å²) in [6.45, 7) is 4.47. The second kappa shape index (κ2) is 8.55. The minimum Gasteiger partial charge on any atom is -0.348 e. The zero-order chi connectivity index (χ0) is 21.3. The average molecular weight is 430 g/mol. The van der Waals surface area contributed by atoms with E-state index in [0.29, 0.717) is 12.6 Å². The van der Waals surface area contributed by atoms with Crippen molar-refractivity contribution in [3.63, 3.8) is 0 Å². The van der Waals surface area contributed by atoms with E-state index >= 15 is 0 Å². The maximum absolute atomic E-state index is 12.8. The number of aryl methyl sites for hydroxylation is 1. The quantitative estimate of drug-likeness (QED) is 0.699. The number of carbonyl (C=O) groups excluding carboxylic acids is 1. The van der Waals surface area contributed by atoms with Gasteiger partial charge in [0.15, 0.2) is 0 Å². The van der Waals surface area contributed by atoms with Crippen molar-refractivity contribution in [3.05, 3.63) is 52.8 Å². The molecule has 0 radical (unpaired) electrons. The van der Waals surface area contributed by atoms with Crippen molar-refractivity contribution in [1.82, 2.24) is 14.6 Å². The summed E-state index contributed by atoms with van der Waals surface area (Å²) in [5.74, 6) is -0.0859. The number of carbonyl (C=O) groups is 1. The molecule has 2 fully saturated rings. The minimum absolute atomic E-state index is 0.0848. The molecule has 1 amide bonds. The molecule has 0 unspecified atom stereocenters. The van der Waals surface area contributed by atoms with E-state index in [2.05, 4.69) is 21.5 Å². The van der Waals surface area contributed by atoms with Gasteiger partial charge in [-0.2, -0.15) is 0 Å². The summed E-state index contributed by atoms with van der Waals surface area (Å²) in [6, 6.07) is 9.28. The number of sulfonamides is 1. The van der Waals surface area contributed by atoms with Gasteiger partial charge in [0.25, 0.3) is 5.91 Å². The van der Waals surface area contributed by atoms with Crippen molar-refractivity contribution >= 4 is 15.9 Å². The monoisotopic (exact) mass is 429 g/mol. The number of hydrogen-bond donors (Lipinski definition) is 2. The lowest BCUT2D eigenvalue weighted by molar-refractivity contribution is 0.0950. The topological polar surface area (TPSA) is 80.2 Å². The van der Waals surface area contributed by atoms with Crippen LogP contribution in [0.5, 0.6) is 0 Å². The Morgan fingerprint density at radius 2 is 1.70 bits per heavy atom. The first-order chi connectivity index (χ1) is 14.3. The second-order valence-electron chi connectivity index (χ2n) is 8.67. The van der Waals surface area contributed by atoms with Crippen LogP contribution in [0.4, 0.5) is 0 Å². The van der Waals surface area contributed by atoms with Gasteiger partial charge >= 0.3 is 0 Å². The van der Waals surface area contributed by atoms with Crippen LogP contribution in [0.1, 0.15) is 78.3 Å². The Balaban J connectivity index is 1.40. The predicted molar refractivity (Wildman–Crippen MR) is 117 cm³/mol. The first kappa shape index (κ1) is 21.1. The Hall–Kier alpha value is -2.12. The van der Waals surface area contributed by atoms with E-state index in [1.165, 1.54) is 32.1 Å². The van der Waals surface area contributed by atoms with Gasteiger partial charge < -0.3 is 9.88 Å². The van der Waals surface area contributed by atoms with Crippen molar-refractivity contribution in [3.8, 4) is 0 Å². The highest BCUT2D eigenvalue weighted by atomic mass is 32.2. The highest BCUT2D eigenvalue weighted by Crippen LogP contribution is 2.32. The number of hydrogen-bond acceptors (Lipinski definition) is 3. The molecule has 30 heavy (non-hydrogen) atoms. The summed E-state index contributed by atoms with van der Waals surface area (Å²) in [5, 5.41) is 2.98. The van der Waals surface area contributed by atoms with E-state index in [0.717, 1.165) is 35.4 Å². The van der Waals surface area contributed by atoms with Gasteiger partial charge in [0.05, 0.1) is 10.5 Å². The van der Waals surface area contributed by atoms with Crippen LogP contribution in [-0.4, -0.2) is 24.9 Å². The van der Waals surface area contributed by atoms with E-state index in [1.807, 2.05) is 13.0 Å². The van der Waals surface area contributed by atoms with Gasteiger partial charge in [0, 0.05) is 30.0 Å². The second-order valence-corrected chi connectivity index (χ2v) is 10.4. The number of nitrogens with one attached hydrogen (secondary N) is 2. The predicted octanol–water partition coefficient (Wildman–Crippen LogP) is 3.98. The van der Waals surface area contributed by atoms with Crippen LogP contribution in [0, 0.1) is 13.8 Å². The van der Waals surface area contributed by atoms with Gasteiger partial charge in [-0.3, -0.25) is 4.79 Å². The van der Waals surface area contributed by atoms with E-state index in [9.17, 15) is 13.2 Å². The molecule has 2 N–H and O–H groups in total. The molecule has 2 saturated carbocycles. The summed E-state index contributed by atoms with van der Waals surface area (Å²) in [6.07, 6.45) is 8.00. The summed E-state index contributed by atoms with van der Waals surface area (Å²) in [5.41, 5.74) is 3.77. The molecule has 162 valence electrons. The fourth-order valence-corrected chi connectivity index (χ4v) is 5.77. The van der Waals surface area contributed by atoms with Crippen molar-refractivity contribution in [2.45, 2.75) is 82.3 Å². The molecule has 2 aliphatic rings. The van der Waals surface area contributed by atoms with Crippen LogP contribution in [0.2, 0.25) is 0 Å². The SMILES string of the molecule is Cc1cc(C(=O)NCc2ccc(S(=O)(=O)NC3CC3)cc2)c(C)n1C1CCCCC1. The van der Waals surface area contributed by atoms with Crippen LogP contribution in [0.15, 0.2) is 35.2 Å². The zero-order valence-electron chi connectivity index (χ0n) is 17.8. The molecule has 0 spiro atoms. The molecule has 0 aliphatic heterocycles. The van der Waals surface area contributed by atoms with Crippen molar-refractivity contribution < 1.29 is 13.2 Å². The smallest absolute Gasteiger partial charge is 0.253 e. The molecule has 0 saturated heterocycles. The third-order valence-electron chi connectivity index (χ3n) is 6.25. The largest absolute Gasteiger partial charge is 0.348 e. The van der Waals surface area contributed by atoms with Crippen molar-refractivity contribution in [2.24, 2.45) is 0 Å². The molecule has 0 bridgehead atoms. The standard InChI is InChI=1S/C23H31N3O3S/c1-16-14-22(17(2)26(16)20-6-4-3-5-7-20)23(27)24-15-18-8-12-21(13-9-18)30(28,29)25-19-10-11-19/h8-9,12-14,19-20,25H,3-7,10-11,15H2,1-2H3,(H,24,27). The summed E-state index contributed by atoms with van der Waals surface area (Å²) >= 11 is 0. The third-order valence-corrected chi connectivity index (χ3v) is 7.79. The lowest BCUT2D eigenvalue weighted by Crippen LogP contribution is -2.26. The van der Waals surface area contributed by atoms with Crippen LogP contribution in [0.3, 0.4) is 0 Å². The molecular formula is C23H31N3O3S. The lowest BCUT2D eigenvalue weighted by atomic mass is 9.95. The van der Waals surface area contributed by atoms with Crippen LogP contribution in [0.25, 0.3) is 0 Å². The van der Waals surface area contributed by atoms with E-state index in [-0.39, 0.29) is 16.8 Å². The number of amides is 1. The van der Waals surface area contributed by atoms with Gasteiger partial charge in [-0.1, -0.05) is 31.4 Å². The summed E-state index contributed by atoms with van der Waals surface area (Å²) in [7, 11) is -3.45. The van der Waals surface area contributed by atoms with Crippen molar-refractivity contribution in [2.75, 3.05) is 0 Å². The fourth-order valence-electron chi connectivity index (χ4n) is 4.46. The highest BCUT2D eigenvalue weighted by Gasteiger charge is 2.28. The van der Waals surface area contributed by atoms with Gasteiger partial charge in [0.1, 0.15) is 0 Å². The fraction of sp³-hybridized carbons (Fsp3) is 0.522. The Bertz CT molecular complexity index is 1010. The van der Waals surface area contributed by atoms with Crippen molar-refractivity contribution in [1.29, 1.82) is 0 Å². The minimum atomic E-state index is -3.45. The molecule has 2 aliphatic carbocycles. The normalized spacial score (nSPS) is 17.8. The lowest BCUT2D eigenvalue weighted by Gasteiger charge is -2.26. The molecule has 0 atom stereocenters. The van der Waals surface area contributed by atoms with Crippen LogP contribution in [-0.2, 0) is 16.6 Å². The Morgan fingerprint density at radius 3 is 2.33 bits per heavy atom. The molecule has 7 heteroatoms. The molecule has 1 heterocycles. The number of rotatable bonds is 7. The molecular weight excluding hydrogens is 398 g/mol. The maximum Gasteiger partial charge on any atom is 0.253 e. The first-order valence-corrected chi connectivity index (χ1v) is 12.4. The highest BCUT2D eigenvalue weighted by molar-refractivity contribution is 7.89. The average Bonchev–Trinajstić information content (AvgIpc) is 3.49. The van der Waals surface area contributed by atoms with Crippen LogP contribution >= 0.6 is 0 Å². The first-order valence-electron chi connectivity index (χ1n) is 10.9.